The highest BCUT2D eigenvalue weighted by atomic mass is 16.5. The lowest BCUT2D eigenvalue weighted by atomic mass is 9.89. The first kappa shape index (κ1) is 19.2. The maximum atomic E-state index is 12.2. The van der Waals surface area contributed by atoms with Gasteiger partial charge in [0.15, 0.2) is 11.5 Å². The van der Waals surface area contributed by atoms with E-state index >= 15 is 0 Å². The first-order valence-corrected chi connectivity index (χ1v) is 9.55. The van der Waals surface area contributed by atoms with Gasteiger partial charge in [-0.15, -0.1) is 0 Å². The Balaban J connectivity index is 1.81. The molecule has 2 aromatic carbocycles. The highest BCUT2D eigenvalue weighted by Gasteiger charge is 2.40. The molecule has 5 N–H and O–H groups in total. The summed E-state index contributed by atoms with van der Waals surface area (Å²) in [5.74, 6) is -0.791. The zero-order valence-electron chi connectivity index (χ0n) is 15.9. The van der Waals surface area contributed by atoms with Crippen molar-refractivity contribution >= 4 is 5.91 Å². The van der Waals surface area contributed by atoms with Crippen LogP contribution in [-0.2, 0) is 11.2 Å². The monoisotopic (exact) mass is 401 g/mol. The molecule has 0 saturated carbocycles. The summed E-state index contributed by atoms with van der Waals surface area (Å²) in [7, 11) is 0. The summed E-state index contributed by atoms with van der Waals surface area (Å²) in [5, 5.41) is 50.9. The molecule has 1 saturated heterocycles. The first-order valence-electron chi connectivity index (χ1n) is 9.55. The molecule has 0 radical (unpaired) electrons. The van der Waals surface area contributed by atoms with Gasteiger partial charge in [0.1, 0.15) is 23.4 Å². The summed E-state index contributed by atoms with van der Waals surface area (Å²) in [4.78, 5) is 13.9. The second-order valence-electron chi connectivity index (χ2n) is 7.43. The topological polar surface area (TPSA) is 131 Å². The second kappa shape index (κ2) is 7.04. The third kappa shape index (κ3) is 3.09. The third-order valence-electron chi connectivity index (χ3n) is 5.71. The molecule has 0 aliphatic carbocycles. The molecule has 2 aromatic rings. The number of benzene rings is 2. The fourth-order valence-electron chi connectivity index (χ4n) is 4.30. The average molecular weight is 401 g/mol. The maximum Gasteiger partial charge on any atom is 0.223 e. The fourth-order valence-corrected chi connectivity index (χ4v) is 4.30. The van der Waals surface area contributed by atoms with Gasteiger partial charge in [0.05, 0.1) is 17.7 Å². The van der Waals surface area contributed by atoms with Gasteiger partial charge >= 0.3 is 0 Å². The van der Waals surface area contributed by atoms with Crippen molar-refractivity contribution < 1.29 is 35.1 Å². The number of amides is 1. The Bertz CT molecular complexity index is 974. The van der Waals surface area contributed by atoms with Crippen molar-refractivity contribution in [2.45, 2.75) is 44.4 Å². The molecule has 4 rings (SSSR count). The van der Waals surface area contributed by atoms with Gasteiger partial charge in [-0.25, -0.2) is 0 Å². The van der Waals surface area contributed by atoms with Gasteiger partial charge in [-0.05, 0) is 31.0 Å². The molecular weight excluding hydrogens is 378 g/mol. The molecule has 2 aliphatic heterocycles. The van der Waals surface area contributed by atoms with E-state index in [4.69, 9.17) is 4.74 Å². The Kier molecular flexibility index (Phi) is 4.66. The van der Waals surface area contributed by atoms with E-state index in [1.165, 1.54) is 24.3 Å². The number of hydrogen-bond acceptors (Lipinski definition) is 7. The Morgan fingerprint density at radius 3 is 2.52 bits per heavy atom. The fraction of sp³-hybridized carbons (Fsp3) is 0.381. The third-order valence-corrected chi connectivity index (χ3v) is 5.71. The number of likely N-dealkylation sites (tertiary alicyclic amines) is 1. The Morgan fingerprint density at radius 2 is 1.83 bits per heavy atom. The van der Waals surface area contributed by atoms with E-state index in [1.54, 1.807) is 4.90 Å². The van der Waals surface area contributed by atoms with E-state index in [0.717, 1.165) is 0 Å². The normalized spacial score (nSPS) is 23.7. The van der Waals surface area contributed by atoms with Gasteiger partial charge < -0.3 is 35.2 Å². The van der Waals surface area contributed by atoms with Crippen molar-refractivity contribution in [3.8, 4) is 28.7 Å². The number of aliphatic hydroxyl groups is 1. The van der Waals surface area contributed by atoms with Crippen molar-refractivity contribution in [3.63, 3.8) is 0 Å². The number of hydrogen-bond donors (Lipinski definition) is 5. The van der Waals surface area contributed by atoms with Crippen LogP contribution < -0.4 is 4.74 Å². The second-order valence-corrected chi connectivity index (χ2v) is 7.43. The van der Waals surface area contributed by atoms with E-state index in [1.807, 2.05) is 6.92 Å². The molecule has 2 aliphatic rings. The van der Waals surface area contributed by atoms with Crippen molar-refractivity contribution in [2.24, 2.45) is 0 Å². The average Bonchev–Trinajstić information content (AvgIpc) is 3.04. The van der Waals surface area contributed by atoms with Crippen molar-refractivity contribution in [2.75, 3.05) is 6.54 Å². The molecule has 3 atom stereocenters. The molecule has 0 bridgehead atoms. The summed E-state index contributed by atoms with van der Waals surface area (Å²) in [6.45, 7) is 2.32. The smallest absolute Gasteiger partial charge is 0.223 e. The summed E-state index contributed by atoms with van der Waals surface area (Å²) >= 11 is 0. The standard InChI is InChI=1S/C21H23NO7/c1-2-22-12(4-6-18(22)28)19-16(26)9-14(24)11-8-17(27)20(29-21(11)19)10-3-5-13(23)15(25)7-10/h3,5,7,9,12,17,20,23-27H,2,4,6,8H2,1H3/t12-,17+,20-/m1/s1. The number of ether oxygens (including phenoxy) is 1. The predicted molar refractivity (Wildman–Crippen MR) is 102 cm³/mol. The van der Waals surface area contributed by atoms with Gasteiger partial charge in [-0.1, -0.05) is 6.07 Å². The van der Waals surface area contributed by atoms with Crippen LogP contribution in [-0.4, -0.2) is 49.0 Å². The lowest BCUT2D eigenvalue weighted by Crippen LogP contribution is -2.32. The zero-order chi connectivity index (χ0) is 20.9. The molecular formula is C21H23NO7. The van der Waals surface area contributed by atoms with Crippen molar-refractivity contribution in [1.29, 1.82) is 0 Å². The molecule has 8 heteroatoms. The number of aromatic hydroxyl groups is 4. The number of phenols is 4. The van der Waals surface area contributed by atoms with Gasteiger partial charge in [0, 0.05) is 31.0 Å². The predicted octanol–water partition coefficient (Wildman–Crippen LogP) is 2.23. The summed E-state index contributed by atoms with van der Waals surface area (Å²) in [6.07, 6.45) is -0.990. The number of aliphatic hydroxyl groups excluding tert-OH is 1. The van der Waals surface area contributed by atoms with Crippen molar-refractivity contribution in [3.05, 3.63) is 41.0 Å². The Morgan fingerprint density at radius 1 is 1.07 bits per heavy atom. The van der Waals surface area contributed by atoms with Crippen LogP contribution in [0.2, 0.25) is 0 Å². The van der Waals surface area contributed by atoms with Crippen molar-refractivity contribution in [1.82, 2.24) is 4.90 Å². The number of phenolic OH excluding ortho intramolecular Hbond substituents is 4. The van der Waals surface area contributed by atoms with Crippen LogP contribution >= 0.6 is 0 Å². The lowest BCUT2D eigenvalue weighted by Gasteiger charge is -2.35. The highest BCUT2D eigenvalue weighted by molar-refractivity contribution is 5.80. The quantitative estimate of drug-likeness (QED) is 0.499. The molecule has 1 fully saturated rings. The van der Waals surface area contributed by atoms with Gasteiger partial charge in [-0.2, -0.15) is 0 Å². The molecule has 154 valence electrons. The van der Waals surface area contributed by atoms with Gasteiger partial charge in [0.25, 0.3) is 0 Å². The molecule has 0 aromatic heterocycles. The van der Waals surface area contributed by atoms with Crippen LogP contribution in [0.15, 0.2) is 24.3 Å². The molecule has 8 nitrogen and oxygen atoms in total. The zero-order valence-corrected chi connectivity index (χ0v) is 15.9. The summed E-state index contributed by atoms with van der Waals surface area (Å²) in [6, 6.07) is 4.94. The molecule has 29 heavy (non-hydrogen) atoms. The summed E-state index contributed by atoms with van der Waals surface area (Å²) < 4.78 is 6.06. The van der Waals surface area contributed by atoms with Crippen LogP contribution in [0.25, 0.3) is 0 Å². The van der Waals surface area contributed by atoms with E-state index in [2.05, 4.69) is 0 Å². The molecule has 1 amide bonds. The van der Waals surface area contributed by atoms with E-state index < -0.39 is 18.2 Å². The first-order chi connectivity index (χ1) is 13.8. The molecule has 0 spiro atoms. The number of rotatable bonds is 3. The minimum atomic E-state index is -1.03. The summed E-state index contributed by atoms with van der Waals surface area (Å²) in [5.41, 5.74) is 1.20. The van der Waals surface area contributed by atoms with Crippen LogP contribution in [0, 0.1) is 0 Å². The SMILES string of the molecule is CCN1C(=O)CC[C@@H]1c1c(O)cc(O)c2c1O[C@H](c1ccc(O)c(O)c1)[C@@H](O)C2. The molecule has 0 unspecified atom stereocenters. The van der Waals surface area contributed by atoms with E-state index in [0.29, 0.717) is 36.1 Å². The number of carbonyl (C=O) groups is 1. The Hall–Kier alpha value is -3.13. The molecule has 2 heterocycles. The minimum absolute atomic E-state index is 0.0189. The van der Waals surface area contributed by atoms with Gasteiger partial charge in [-0.3, -0.25) is 4.79 Å². The van der Waals surface area contributed by atoms with E-state index in [-0.39, 0.29) is 41.1 Å². The minimum Gasteiger partial charge on any atom is -0.507 e. The number of fused-ring (bicyclic) bond motifs is 1. The van der Waals surface area contributed by atoms with Crippen LogP contribution in [0.3, 0.4) is 0 Å². The van der Waals surface area contributed by atoms with Gasteiger partial charge in [0.2, 0.25) is 5.91 Å². The largest absolute Gasteiger partial charge is 0.507 e. The Labute approximate surface area is 167 Å². The number of nitrogens with zero attached hydrogens (tertiary/aromatic N) is 1. The van der Waals surface area contributed by atoms with Crippen LogP contribution in [0.1, 0.15) is 48.6 Å². The number of carbonyl (C=O) groups excluding carboxylic acids is 1. The van der Waals surface area contributed by atoms with E-state index in [9.17, 15) is 30.3 Å². The maximum absolute atomic E-state index is 12.2. The van der Waals surface area contributed by atoms with Crippen LogP contribution in [0.5, 0.6) is 28.7 Å². The highest BCUT2D eigenvalue weighted by Crippen LogP contribution is 2.51. The van der Waals surface area contributed by atoms with Crippen LogP contribution in [0.4, 0.5) is 0 Å². The lowest BCUT2D eigenvalue weighted by molar-refractivity contribution is -0.128.